The molecule has 124 valence electrons. The third-order valence-corrected chi connectivity index (χ3v) is 6.06. The number of amides is 1. The first kappa shape index (κ1) is 15.7. The van der Waals surface area contributed by atoms with E-state index in [1.165, 1.54) is 16.0 Å². The molecule has 0 saturated heterocycles. The Morgan fingerprint density at radius 1 is 1.42 bits per heavy atom. The molecule has 3 heterocycles. The molecule has 0 atom stereocenters. The van der Waals surface area contributed by atoms with E-state index in [0.717, 1.165) is 41.8 Å². The van der Waals surface area contributed by atoms with Gasteiger partial charge in [0, 0.05) is 47.5 Å². The van der Waals surface area contributed by atoms with Gasteiger partial charge >= 0.3 is 0 Å². The normalized spacial score (nSPS) is 14.1. The van der Waals surface area contributed by atoms with Gasteiger partial charge in [0.25, 0.3) is 5.91 Å². The highest BCUT2D eigenvalue weighted by atomic mass is 32.2. The van der Waals surface area contributed by atoms with Crippen molar-refractivity contribution in [2.75, 3.05) is 18.6 Å². The molecular weight excluding hydrogens is 338 g/mol. The SMILES string of the molecule is CSCCc1n[nH]c2c1CN(C(=O)c1ccc3sccc3c1)CC2. The fourth-order valence-electron chi connectivity index (χ4n) is 3.22. The Kier molecular flexibility index (Phi) is 4.33. The number of hydrogen-bond donors (Lipinski definition) is 1. The second-order valence-electron chi connectivity index (χ2n) is 6.02. The lowest BCUT2D eigenvalue weighted by Gasteiger charge is -2.27. The van der Waals surface area contributed by atoms with E-state index in [0.29, 0.717) is 6.54 Å². The topological polar surface area (TPSA) is 49.0 Å². The molecule has 4 nitrogen and oxygen atoms in total. The predicted molar refractivity (Wildman–Crippen MR) is 101 cm³/mol. The number of aryl methyl sites for hydroxylation is 1. The highest BCUT2D eigenvalue weighted by Gasteiger charge is 2.25. The zero-order valence-corrected chi connectivity index (χ0v) is 15.2. The first-order chi connectivity index (χ1) is 11.8. The van der Waals surface area contributed by atoms with Crippen molar-refractivity contribution in [1.29, 1.82) is 0 Å². The fraction of sp³-hybridized carbons (Fsp3) is 0.333. The van der Waals surface area contributed by atoms with Gasteiger partial charge in [-0.3, -0.25) is 9.89 Å². The highest BCUT2D eigenvalue weighted by Crippen LogP contribution is 2.25. The van der Waals surface area contributed by atoms with Crippen LogP contribution >= 0.6 is 23.1 Å². The summed E-state index contributed by atoms with van der Waals surface area (Å²) in [5.41, 5.74) is 4.31. The summed E-state index contributed by atoms with van der Waals surface area (Å²) in [6.07, 6.45) is 3.92. The van der Waals surface area contributed by atoms with Gasteiger partial charge in [-0.05, 0) is 47.0 Å². The summed E-state index contributed by atoms with van der Waals surface area (Å²) in [5, 5.41) is 10.8. The highest BCUT2D eigenvalue weighted by molar-refractivity contribution is 7.98. The number of nitrogens with zero attached hydrogens (tertiary/aromatic N) is 2. The quantitative estimate of drug-likeness (QED) is 0.774. The van der Waals surface area contributed by atoms with Crippen molar-refractivity contribution in [1.82, 2.24) is 15.1 Å². The molecule has 4 rings (SSSR count). The monoisotopic (exact) mass is 357 g/mol. The van der Waals surface area contributed by atoms with Crippen molar-refractivity contribution in [3.63, 3.8) is 0 Å². The molecule has 0 saturated carbocycles. The van der Waals surface area contributed by atoms with E-state index in [-0.39, 0.29) is 5.91 Å². The van der Waals surface area contributed by atoms with Crippen molar-refractivity contribution in [2.45, 2.75) is 19.4 Å². The molecule has 0 aliphatic carbocycles. The number of thioether (sulfide) groups is 1. The maximum absolute atomic E-state index is 12.9. The lowest BCUT2D eigenvalue weighted by Crippen LogP contribution is -2.36. The minimum atomic E-state index is 0.116. The molecule has 0 radical (unpaired) electrons. The zero-order chi connectivity index (χ0) is 16.5. The van der Waals surface area contributed by atoms with E-state index in [2.05, 4.69) is 27.9 Å². The number of fused-ring (bicyclic) bond motifs is 2. The molecule has 3 aromatic rings. The van der Waals surface area contributed by atoms with E-state index >= 15 is 0 Å². The summed E-state index contributed by atoms with van der Waals surface area (Å²) >= 11 is 3.53. The van der Waals surface area contributed by atoms with Gasteiger partial charge in [-0.15, -0.1) is 11.3 Å². The molecule has 1 aromatic carbocycles. The van der Waals surface area contributed by atoms with Gasteiger partial charge in [-0.1, -0.05) is 0 Å². The number of H-pyrrole nitrogens is 1. The summed E-state index contributed by atoms with van der Waals surface area (Å²) < 4.78 is 1.22. The molecule has 0 unspecified atom stereocenters. The number of benzene rings is 1. The molecule has 1 aliphatic heterocycles. The van der Waals surface area contributed by atoms with Crippen LogP contribution in [-0.4, -0.2) is 39.6 Å². The molecule has 1 amide bonds. The number of aromatic amines is 1. The number of nitrogens with one attached hydrogen (secondary N) is 1. The first-order valence-corrected chi connectivity index (χ1v) is 10.3. The molecule has 24 heavy (non-hydrogen) atoms. The molecule has 0 fully saturated rings. The van der Waals surface area contributed by atoms with E-state index in [1.54, 1.807) is 11.3 Å². The maximum Gasteiger partial charge on any atom is 0.254 e. The lowest BCUT2D eigenvalue weighted by atomic mass is 10.0. The van der Waals surface area contributed by atoms with Crippen LogP contribution in [-0.2, 0) is 19.4 Å². The summed E-state index contributed by atoms with van der Waals surface area (Å²) in [6.45, 7) is 1.41. The molecule has 0 spiro atoms. The third kappa shape index (κ3) is 2.84. The number of hydrogen-bond acceptors (Lipinski definition) is 4. The van der Waals surface area contributed by atoms with Gasteiger partial charge in [0.1, 0.15) is 0 Å². The molecular formula is C18H19N3OS2. The van der Waals surface area contributed by atoms with Gasteiger partial charge in [0.05, 0.1) is 5.69 Å². The molecule has 1 aliphatic rings. The smallest absolute Gasteiger partial charge is 0.254 e. The van der Waals surface area contributed by atoms with Gasteiger partial charge in [-0.25, -0.2) is 0 Å². The standard InChI is InChI=1S/C18H19N3OS2/c1-23-8-6-16-14-11-21(7-4-15(14)19-20-16)18(22)13-2-3-17-12(10-13)5-9-24-17/h2-3,5,9-10H,4,6-8,11H2,1H3,(H,19,20). The molecule has 1 N–H and O–H groups in total. The van der Waals surface area contributed by atoms with Gasteiger partial charge in [-0.2, -0.15) is 16.9 Å². The summed E-state index contributed by atoms with van der Waals surface area (Å²) in [7, 11) is 0. The van der Waals surface area contributed by atoms with Crippen LogP contribution < -0.4 is 0 Å². The lowest BCUT2D eigenvalue weighted by molar-refractivity contribution is 0.0734. The Hall–Kier alpha value is -1.79. The van der Waals surface area contributed by atoms with Crippen LogP contribution in [0.5, 0.6) is 0 Å². The second-order valence-corrected chi connectivity index (χ2v) is 7.95. The van der Waals surface area contributed by atoms with Crippen LogP contribution in [0.3, 0.4) is 0 Å². The van der Waals surface area contributed by atoms with Crippen molar-refractivity contribution in [2.24, 2.45) is 0 Å². The van der Waals surface area contributed by atoms with E-state index in [4.69, 9.17) is 0 Å². The number of carbonyl (C=O) groups excluding carboxylic acids is 1. The number of carbonyl (C=O) groups is 1. The Bertz CT molecular complexity index is 883. The Morgan fingerprint density at radius 2 is 2.33 bits per heavy atom. The van der Waals surface area contributed by atoms with Crippen LogP contribution in [0.2, 0.25) is 0 Å². The maximum atomic E-state index is 12.9. The van der Waals surface area contributed by atoms with Crippen molar-refractivity contribution in [3.8, 4) is 0 Å². The van der Waals surface area contributed by atoms with Crippen molar-refractivity contribution < 1.29 is 4.79 Å². The second kappa shape index (κ2) is 6.61. The third-order valence-electron chi connectivity index (χ3n) is 4.55. The van der Waals surface area contributed by atoms with Crippen molar-refractivity contribution >= 4 is 39.1 Å². The zero-order valence-electron chi connectivity index (χ0n) is 13.5. The summed E-state index contributed by atoms with van der Waals surface area (Å²) in [6, 6.07) is 8.07. The minimum absolute atomic E-state index is 0.116. The van der Waals surface area contributed by atoms with Crippen LogP contribution in [0.25, 0.3) is 10.1 Å². The summed E-state index contributed by atoms with van der Waals surface area (Å²) in [4.78, 5) is 14.9. The number of aromatic nitrogens is 2. The van der Waals surface area contributed by atoms with Gasteiger partial charge in [0.2, 0.25) is 0 Å². The Morgan fingerprint density at radius 3 is 3.21 bits per heavy atom. The minimum Gasteiger partial charge on any atom is -0.334 e. The van der Waals surface area contributed by atoms with Crippen LogP contribution in [0.1, 0.15) is 27.3 Å². The van der Waals surface area contributed by atoms with E-state index in [9.17, 15) is 4.79 Å². The van der Waals surface area contributed by atoms with Crippen LogP contribution in [0, 0.1) is 0 Å². The predicted octanol–water partition coefficient (Wildman–Crippen LogP) is 3.73. The van der Waals surface area contributed by atoms with Crippen LogP contribution in [0.4, 0.5) is 0 Å². The first-order valence-electron chi connectivity index (χ1n) is 8.06. The summed E-state index contributed by atoms with van der Waals surface area (Å²) in [5.74, 6) is 1.17. The number of rotatable bonds is 4. The number of thiophene rings is 1. The van der Waals surface area contributed by atoms with E-state index < -0.39 is 0 Å². The molecule has 6 heteroatoms. The Balaban J connectivity index is 1.56. The average Bonchev–Trinajstić information content (AvgIpc) is 3.24. The largest absolute Gasteiger partial charge is 0.334 e. The average molecular weight is 358 g/mol. The fourth-order valence-corrected chi connectivity index (χ4v) is 4.38. The van der Waals surface area contributed by atoms with Crippen LogP contribution in [0.15, 0.2) is 29.6 Å². The van der Waals surface area contributed by atoms with Crippen molar-refractivity contribution in [3.05, 3.63) is 52.2 Å². The van der Waals surface area contributed by atoms with Gasteiger partial charge in [0.15, 0.2) is 0 Å². The Labute approximate surface area is 149 Å². The molecule has 2 aromatic heterocycles. The van der Waals surface area contributed by atoms with Gasteiger partial charge < -0.3 is 4.90 Å². The van der Waals surface area contributed by atoms with E-state index in [1.807, 2.05) is 34.9 Å². The molecule has 0 bridgehead atoms.